The van der Waals surface area contributed by atoms with Crippen LogP contribution in [0.3, 0.4) is 0 Å². The molecule has 5 rings (SSSR count). The molecular formula is C25H28N4O2S. The predicted octanol–water partition coefficient (Wildman–Crippen LogP) is 3.55. The zero-order chi connectivity index (χ0) is 21.9. The van der Waals surface area contributed by atoms with Crippen LogP contribution in [0.25, 0.3) is 5.69 Å². The number of nitrogens with zero attached hydrogens (tertiary/aromatic N) is 4. The number of rotatable bonds is 6. The van der Waals surface area contributed by atoms with Crippen LogP contribution in [0, 0.1) is 6.92 Å². The Morgan fingerprint density at radius 1 is 1.12 bits per heavy atom. The lowest BCUT2D eigenvalue weighted by Crippen LogP contribution is -2.48. The molecule has 0 unspecified atom stereocenters. The van der Waals surface area contributed by atoms with Crippen molar-refractivity contribution in [3.63, 3.8) is 0 Å². The highest BCUT2D eigenvalue weighted by molar-refractivity contribution is 7.99. The average Bonchev–Trinajstić information content (AvgIpc) is 3.47. The van der Waals surface area contributed by atoms with E-state index in [1.165, 1.54) is 28.5 Å². The first-order valence-corrected chi connectivity index (χ1v) is 12.1. The standard InChI is InChI=1S/C25H28N4O2S/c1-19-4-2-3-5-22(19)29-10-9-26-25(29)32-18-24(30)28-13-11-27(12-14-28)17-20-6-7-23-21(16-20)8-15-31-23/h2-7,9-10,16H,8,11-15,17-18H2,1H3. The lowest BCUT2D eigenvalue weighted by molar-refractivity contribution is -0.130. The molecule has 32 heavy (non-hydrogen) atoms. The maximum Gasteiger partial charge on any atom is 0.233 e. The molecule has 1 fully saturated rings. The molecule has 1 saturated heterocycles. The lowest BCUT2D eigenvalue weighted by Gasteiger charge is -2.34. The minimum absolute atomic E-state index is 0.184. The first-order valence-electron chi connectivity index (χ1n) is 11.1. The van der Waals surface area contributed by atoms with Crippen LogP contribution in [-0.2, 0) is 17.8 Å². The maximum absolute atomic E-state index is 12.8. The molecule has 1 amide bonds. The number of imidazole rings is 1. The van der Waals surface area contributed by atoms with E-state index in [1.807, 2.05) is 23.2 Å². The van der Waals surface area contributed by atoms with Crippen LogP contribution in [-0.4, -0.2) is 63.8 Å². The van der Waals surface area contributed by atoms with E-state index in [9.17, 15) is 4.79 Å². The van der Waals surface area contributed by atoms with E-state index >= 15 is 0 Å². The SMILES string of the molecule is Cc1ccccc1-n1ccnc1SCC(=O)N1CCN(Cc2ccc3c(c2)CCO3)CC1. The monoisotopic (exact) mass is 448 g/mol. The van der Waals surface area contributed by atoms with Crippen molar-refractivity contribution in [3.8, 4) is 11.4 Å². The van der Waals surface area contributed by atoms with E-state index in [0.717, 1.165) is 62.3 Å². The summed E-state index contributed by atoms with van der Waals surface area (Å²) >= 11 is 1.51. The number of hydrogen-bond donors (Lipinski definition) is 0. The highest BCUT2D eigenvalue weighted by atomic mass is 32.2. The van der Waals surface area contributed by atoms with Gasteiger partial charge < -0.3 is 9.64 Å². The van der Waals surface area contributed by atoms with Gasteiger partial charge in [0.1, 0.15) is 5.75 Å². The molecule has 3 heterocycles. The van der Waals surface area contributed by atoms with Crippen LogP contribution in [0.5, 0.6) is 5.75 Å². The molecule has 0 bridgehead atoms. The molecule has 1 aromatic heterocycles. The van der Waals surface area contributed by atoms with Crippen molar-refractivity contribution >= 4 is 17.7 Å². The fourth-order valence-electron chi connectivity index (χ4n) is 4.38. The van der Waals surface area contributed by atoms with Crippen molar-refractivity contribution in [1.29, 1.82) is 0 Å². The molecule has 0 atom stereocenters. The number of aryl methyl sites for hydroxylation is 1. The quantitative estimate of drug-likeness (QED) is 0.540. The Morgan fingerprint density at radius 2 is 1.97 bits per heavy atom. The number of amides is 1. The zero-order valence-corrected chi connectivity index (χ0v) is 19.2. The Bertz CT molecular complexity index is 1100. The number of aromatic nitrogens is 2. The van der Waals surface area contributed by atoms with Crippen LogP contribution >= 0.6 is 11.8 Å². The van der Waals surface area contributed by atoms with E-state index < -0.39 is 0 Å². The van der Waals surface area contributed by atoms with Gasteiger partial charge >= 0.3 is 0 Å². The van der Waals surface area contributed by atoms with Gasteiger partial charge in [-0.15, -0.1) is 0 Å². The molecule has 2 aliphatic heterocycles. The summed E-state index contributed by atoms with van der Waals surface area (Å²) in [6.45, 7) is 7.18. The summed E-state index contributed by atoms with van der Waals surface area (Å²) < 4.78 is 7.67. The maximum atomic E-state index is 12.8. The van der Waals surface area contributed by atoms with Crippen LogP contribution in [0.2, 0.25) is 0 Å². The molecular weight excluding hydrogens is 420 g/mol. The number of carbonyl (C=O) groups excluding carboxylic acids is 1. The highest BCUT2D eigenvalue weighted by Crippen LogP contribution is 2.27. The van der Waals surface area contributed by atoms with E-state index in [0.29, 0.717) is 5.75 Å². The number of benzene rings is 2. The zero-order valence-electron chi connectivity index (χ0n) is 18.4. The number of carbonyl (C=O) groups is 1. The number of piperazine rings is 1. The third-order valence-corrected chi connectivity index (χ3v) is 7.14. The van der Waals surface area contributed by atoms with E-state index in [1.54, 1.807) is 6.20 Å². The van der Waals surface area contributed by atoms with Gasteiger partial charge in [-0.1, -0.05) is 42.1 Å². The summed E-state index contributed by atoms with van der Waals surface area (Å²) in [6.07, 6.45) is 4.76. The van der Waals surface area contributed by atoms with Gasteiger partial charge in [-0.2, -0.15) is 0 Å². The van der Waals surface area contributed by atoms with Gasteiger partial charge in [0.15, 0.2) is 5.16 Å². The second-order valence-corrected chi connectivity index (χ2v) is 9.29. The average molecular weight is 449 g/mol. The largest absolute Gasteiger partial charge is 0.493 e. The summed E-state index contributed by atoms with van der Waals surface area (Å²) in [4.78, 5) is 21.7. The van der Waals surface area contributed by atoms with Crippen molar-refractivity contribution in [1.82, 2.24) is 19.4 Å². The van der Waals surface area contributed by atoms with Gasteiger partial charge in [-0.3, -0.25) is 14.3 Å². The Labute approximate surface area is 193 Å². The first kappa shape index (κ1) is 21.1. The van der Waals surface area contributed by atoms with Gasteiger partial charge in [0.05, 0.1) is 18.0 Å². The molecule has 166 valence electrons. The molecule has 6 nitrogen and oxygen atoms in total. The van der Waals surface area contributed by atoms with Gasteiger partial charge in [0.25, 0.3) is 0 Å². The lowest BCUT2D eigenvalue weighted by atomic mass is 10.1. The molecule has 0 N–H and O–H groups in total. The number of ether oxygens (including phenoxy) is 1. The summed E-state index contributed by atoms with van der Waals surface area (Å²) in [6, 6.07) is 14.8. The van der Waals surface area contributed by atoms with Gasteiger partial charge in [-0.25, -0.2) is 4.98 Å². The molecule has 0 spiro atoms. The second kappa shape index (κ2) is 9.38. The van der Waals surface area contributed by atoms with Gasteiger partial charge in [0, 0.05) is 51.5 Å². The van der Waals surface area contributed by atoms with E-state index in [2.05, 4.69) is 51.7 Å². The predicted molar refractivity (Wildman–Crippen MR) is 127 cm³/mol. The summed E-state index contributed by atoms with van der Waals surface area (Å²) in [5.41, 5.74) is 4.93. The molecule has 7 heteroatoms. The Hall–Kier alpha value is -2.77. The van der Waals surface area contributed by atoms with Crippen molar-refractivity contribution < 1.29 is 9.53 Å². The first-order chi connectivity index (χ1) is 15.7. The Balaban J connectivity index is 1.13. The fraction of sp³-hybridized carbons (Fsp3) is 0.360. The minimum atomic E-state index is 0.184. The summed E-state index contributed by atoms with van der Waals surface area (Å²) in [7, 11) is 0. The van der Waals surface area contributed by atoms with Gasteiger partial charge in [-0.05, 0) is 35.7 Å². The summed E-state index contributed by atoms with van der Waals surface area (Å²) in [5.74, 6) is 1.63. The highest BCUT2D eigenvalue weighted by Gasteiger charge is 2.22. The molecule has 2 aliphatic rings. The van der Waals surface area contributed by atoms with E-state index in [-0.39, 0.29) is 5.91 Å². The van der Waals surface area contributed by atoms with Crippen LogP contribution in [0.4, 0.5) is 0 Å². The van der Waals surface area contributed by atoms with Crippen molar-refractivity contribution in [2.75, 3.05) is 38.5 Å². The van der Waals surface area contributed by atoms with Crippen LogP contribution in [0.15, 0.2) is 60.0 Å². The molecule has 0 radical (unpaired) electrons. The normalized spacial score (nSPS) is 16.1. The number of hydrogen-bond acceptors (Lipinski definition) is 5. The topological polar surface area (TPSA) is 50.6 Å². The van der Waals surface area contributed by atoms with E-state index in [4.69, 9.17) is 4.74 Å². The van der Waals surface area contributed by atoms with Crippen molar-refractivity contribution in [3.05, 3.63) is 71.5 Å². The number of para-hydroxylation sites is 1. The Morgan fingerprint density at radius 3 is 2.81 bits per heavy atom. The van der Waals surface area contributed by atoms with Crippen molar-refractivity contribution in [2.45, 2.75) is 25.0 Å². The smallest absolute Gasteiger partial charge is 0.233 e. The Kier molecular flexibility index (Phi) is 6.19. The molecule has 2 aromatic carbocycles. The minimum Gasteiger partial charge on any atom is -0.493 e. The molecule has 3 aromatic rings. The second-order valence-electron chi connectivity index (χ2n) is 8.35. The van der Waals surface area contributed by atoms with Gasteiger partial charge in [0.2, 0.25) is 5.91 Å². The molecule has 0 aliphatic carbocycles. The summed E-state index contributed by atoms with van der Waals surface area (Å²) in [5, 5.41) is 0.854. The van der Waals surface area contributed by atoms with Crippen molar-refractivity contribution in [2.24, 2.45) is 0 Å². The fourth-order valence-corrected chi connectivity index (χ4v) is 5.25. The number of fused-ring (bicyclic) bond motifs is 1. The number of thioether (sulfide) groups is 1. The molecule has 0 saturated carbocycles. The van der Waals surface area contributed by atoms with Crippen LogP contribution < -0.4 is 4.74 Å². The third-order valence-electron chi connectivity index (χ3n) is 6.19. The van der Waals surface area contributed by atoms with Crippen LogP contribution in [0.1, 0.15) is 16.7 Å². The third kappa shape index (κ3) is 4.54.